The normalized spacial score (nSPS) is 13.8. The molecule has 0 atom stereocenters. The summed E-state index contributed by atoms with van der Waals surface area (Å²) in [6.07, 6.45) is 0. The van der Waals surface area contributed by atoms with E-state index in [4.69, 9.17) is 21.3 Å². The summed E-state index contributed by atoms with van der Waals surface area (Å²) in [7, 11) is 1.62. The Bertz CT molecular complexity index is 1350. The molecule has 34 heavy (non-hydrogen) atoms. The van der Waals surface area contributed by atoms with Gasteiger partial charge in [0.15, 0.2) is 10.9 Å². The van der Waals surface area contributed by atoms with Gasteiger partial charge in [0.05, 0.1) is 16.8 Å². The van der Waals surface area contributed by atoms with E-state index in [1.54, 1.807) is 43.5 Å². The lowest BCUT2D eigenvalue weighted by molar-refractivity contribution is 0.0746. The SMILES string of the molecule is COc1ccc(Cl)c2sc(N3CCN(C(=O)c4ccc(C(=O)c5ccccc5)cc4)CC3)nc12. The fourth-order valence-electron chi connectivity index (χ4n) is 4.04. The van der Waals surface area contributed by atoms with Crippen LogP contribution in [0.5, 0.6) is 5.75 Å². The third-order valence-corrected chi connectivity index (χ3v) is 7.51. The Morgan fingerprint density at radius 2 is 1.53 bits per heavy atom. The standard InChI is InChI=1S/C26H22ClN3O3S/c1-33-21-12-11-20(27)24-22(21)28-26(34-24)30-15-13-29(14-16-30)25(32)19-9-7-18(8-10-19)23(31)17-5-3-2-4-6-17/h2-12H,13-16H2,1H3. The lowest BCUT2D eigenvalue weighted by Crippen LogP contribution is -2.48. The molecule has 0 bridgehead atoms. The number of anilines is 1. The number of methoxy groups -OCH3 is 1. The molecule has 5 rings (SSSR count). The topological polar surface area (TPSA) is 62.7 Å². The van der Waals surface area contributed by atoms with E-state index in [1.807, 2.05) is 35.2 Å². The molecule has 0 saturated carbocycles. The van der Waals surface area contributed by atoms with Gasteiger partial charge in [-0.25, -0.2) is 4.98 Å². The van der Waals surface area contributed by atoms with Crippen LogP contribution in [-0.4, -0.2) is 54.9 Å². The highest BCUT2D eigenvalue weighted by molar-refractivity contribution is 7.22. The number of thiazole rings is 1. The highest BCUT2D eigenvalue weighted by Crippen LogP contribution is 2.38. The van der Waals surface area contributed by atoms with Crippen molar-refractivity contribution >= 4 is 50.0 Å². The molecule has 0 spiro atoms. The van der Waals surface area contributed by atoms with Crippen LogP contribution in [0.1, 0.15) is 26.3 Å². The first kappa shape index (κ1) is 22.4. The summed E-state index contributed by atoms with van der Waals surface area (Å²) in [6, 6.07) is 19.7. The fourth-order valence-corrected chi connectivity index (χ4v) is 5.35. The van der Waals surface area contributed by atoms with Crippen LogP contribution < -0.4 is 9.64 Å². The number of amides is 1. The van der Waals surface area contributed by atoms with Crippen molar-refractivity contribution in [3.63, 3.8) is 0 Å². The lowest BCUT2D eigenvalue weighted by atomic mass is 10.0. The van der Waals surface area contributed by atoms with Gasteiger partial charge in [-0.15, -0.1) is 0 Å². The largest absolute Gasteiger partial charge is 0.494 e. The van der Waals surface area contributed by atoms with Crippen molar-refractivity contribution < 1.29 is 14.3 Å². The number of hydrogen-bond donors (Lipinski definition) is 0. The molecule has 0 aliphatic carbocycles. The second kappa shape index (κ2) is 9.44. The summed E-state index contributed by atoms with van der Waals surface area (Å²) in [5.74, 6) is 0.609. The number of ether oxygens (including phenoxy) is 1. The minimum absolute atomic E-state index is 0.0348. The molecule has 1 amide bonds. The number of carbonyl (C=O) groups is 2. The zero-order chi connectivity index (χ0) is 23.7. The molecule has 1 aromatic heterocycles. The molecule has 1 aliphatic heterocycles. The van der Waals surface area contributed by atoms with Gasteiger partial charge in [-0.2, -0.15) is 0 Å². The molecule has 8 heteroatoms. The van der Waals surface area contributed by atoms with Gasteiger partial charge < -0.3 is 14.5 Å². The van der Waals surface area contributed by atoms with Crippen LogP contribution in [0.3, 0.4) is 0 Å². The van der Waals surface area contributed by atoms with Crippen LogP contribution in [0.25, 0.3) is 10.2 Å². The van der Waals surface area contributed by atoms with Gasteiger partial charge >= 0.3 is 0 Å². The molecular formula is C26H22ClN3O3S. The fraction of sp³-hybridized carbons (Fsp3) is 0.192. The Morgan fingerprint density at radius 1 is 0.882 bits per heavy atom. The molecule has 2 heterocycles. The highest BCUT2D eigenvalue weighted by Gasteiger charge is 2.25. The Hall–Kier alpha value is -3.42. The van der Waals surface area contributed by atoms with Crippen molar-refractivity contribution in [2.45, 2.75) is 0 Å². The third-order valence-electron chi connectivity index (χ3n) is 5.93. The van der Waals surface area contributed by atoms with Gasteiger partial charge in [0.1, 0.15) is 11.3 Å². The van der Waals surface area contributed by atoms with Crippen LogP contribution >= 0.6 is 22.9 Å². The van der Waals surface area contributed by atoms with Crippen LogP contribution in [0, 0.1) is 0 Å². The summed E-state index contributed by atoms with van der Waals surface area (Å²) in [5.41, 5.74) is 2.54. The molecule has 0 unspecified atom stereocenters. The summed E-state index contributed by atoms with van der Waals surface area (Å²) in [4.78, 5) is 34.4. The average Bonchev–Trinajstić information content (AvgIpc) is 3.35. The number of hydrogen-bond acceptors (Lipinski definition) is 6. The number of piperazine rings is 1. The Labute approximate surface area is 206 Å². The van der Waals surface area contributed by atoms with Gasteiger partial charge in [-0.05, 0) is 24.3 Å². The zero-order valence-corrected chi connectivity index (χ0v) is 20.1. The summed E-state index contributed by atoms with van der Waals surface area (Å²) >= 11 is 7.89. The van der Waals surface area contributed by atoms with Gasteiger partial charge in [-0.1, -0.05) is 65.4 Å². The smallest absolute Gasteiger partial charge is 0.253 e. The van der Waals surface area contributed by atoms with Crippen LogP contribution in [0.15, 0.2) is 66.7 Å². The van der Waals surface area contributed by atoms with E-state index in [0.29, 0.717) is 53.6 Å². The van der Waals surface area contributed by atoms with Crippen molar-refractivity contribution in [1.82, 2.24) is 9.88 Å². The van der Waals surface area contributed by atoms with Crippen LogP contribution in [0.2, 0.25) is 5.02 Å². The number of benzene rings is 3. The van der Waals surface area contributed by atoms with Gasteiger partial charge in [0.2, 0.25) is 0 Å². The quantitative estimate of drug-likeness (QED) is 0.361. The number of ketones is 1. The van der Waals surface area contributed by atoms with Gasteiger partial charge in [0.25, 0.3) is 5.91 Å². The predicted molar refractivity (Wildman–Crippen MR) is 136 cm³/mol. The van der Waals surface area contributed by atoms with Crippen molar-refractivity contribution in [3.05, 3.63) is 88.4 Å². The Balaban J connectivity index is 1.25. The van der Waals surface area contributed by atoms with Crippen LogP contribution in [-0.2, 0) is 0 Å². The average molecular weight is 492 g/mol. The molecule has 1 saturated heterocycles. The molecule has 6 nitrogen and oxygen atoms in total. The third kappa shape index (κ3) is 4.24. The summed E-state index contributed by atoms with van der Waals surface area (Å²) < 4.78 is 6.32. The maximum atomic E-state index is 13.0. The number of nitrogens with zero attached hydrogens (tertiary/aromatic N) is 3. The number of aromatic nitrogens is 1. The zero-order valence-electron chi connectivity index (χ0n) is 18.5. The minimum Gasteiger partial charge on any atom is -0.494 e. The highest BCUT2D eigenvalue weighted by atomic mass is 35.5. The maximum Gasteiger partial charge on any atom is 0.253 e. The number of carbonyl (C=O) groups excluding carboxylic acids is 2. The van der Waals surface area contributed by atoms with Crippen molar-refractivity contribution in [3.8, 4) is 5.75 Å². The molecule has 172 valence electrons. The maximum absolute atomic E-state index is 13.0. The molecule has 4 aromatic rings. The first-order valence-electron chi connectivity index (χ1n) is 10.9. The van der Waals surface area contributed by atoms with E-state index in [-0.39, 0.29) is 11.7 Å². The summed E-state index contributed by atoms with van der Waals surface area (Å²) in [6.45, 7) is 2.53. The predicted octanol–water partition coefficient (Wildman–Crippen LogP) is 5.15. The molecule has 3 aromatic carbocycles. The Kier molecular flexibility index (Phi) is 6.22. The first-order valence-corrected chi connectivity index (χ1v) is 12.1. The van der Waals surface area contributed by atoms with Gasteiger partial charge in [-0.3, -0.25) is 9.59 Å². The van der Waals surface area contributed by atoms with E-state index in [0.717, 1.165) is 15.3 Å². The van der Waals surface area contributed by atoms with E-state index in [2.05, 4.69) is 4.90 Å². The molecule has 0 radical (unpaired) electrons. The minimum atomic E-state index is -0.0548. The number of fused-ring (bicyclic) bond motifs is 1. The monoisotopic (exact) mass is 491 g/mol. The number of halogens is 1. The van der Waals surface area contributed by atoms with Crippen molar-refractivity contribution in [2.75, 3.05) is 38.2 Å². The van der Waals surface area contributed by atoms with E-state index in [1.165, 1.54) is 11.3 Å². The molecule has 1 aliphatic rings. The lowest BCUT2D eigenvalue weighted by Gasteiger charge is -2.34. The van der Waals surface area contributed by atoms with E-state index < -0.39 is 0 Å². The Morgan fingerprint density at radius 3 is 2.21 bits per heavy atom. The van der Waals surface area contributed by atoms with Crippen LogP contribution in [0.4, 0.5) is 5.13 Å². The second-order valence-electron chi connectivity index (χ2n) is 7.98. The van der Waals surface area contributed by atoms with Gasteiger partial charge in [0, 0.05) is 42.9 Å². The van der Waals surface area contributed by atoms with E-state index in [9.17, 15) is 9.59 Å². The van der Waals surface area contributed by atoms with Crippen molar-refractivity contribution in [2.24, 2.45) is 0 Å². The number of rotatable bonds is 5. The van der Waals surface area contributed by atoms with E-state index >= 15 is 0 Å². The van der Waals surface area contributed by atoms with Crippen molar-refractivity contribution in [1.29, 1.82) is 0 Å². The summed E-state index contributed by atoms with van der Waals surface area (Å²) in [5, 5.41) is 1.53. The molecular weight excluding hydrogens is 470 g/mol. The molecule has 0 N–H and O–H groups in total. The molecule has 1 fully saturated rings. The second-order valence-corrected chi connectivity index (χ2v) is 9.36. The first-order chi connectivity index (χ1) is 16.5.